The average Bonchev–Trinajstić information content (AvgIpc) is 3.27. The molecule has 1 atom stereocenters. The molecule has 6 nitrogen and oxygen atoms in total. The maximum absolute atomic E-state index is 13.0. The Morgan fingerprint density at radius 1 is 0.938 bits per heavy atom. The molecule has 0 spiro atoms. The molecule has 1 unspecified atom stereocenters. The number of carbonyl (C=O) groups excluding carboxylic acids is 2. The van der Waals surface area contributed by atoms with E-state index in [-0.39, 0.29) is 17.7 Å². The molecule has 0 aromatic carbocycles. The lowest BCUT2D eigenvalue weighted by molar-refractivity contribution is -0.783. The van der Waals surface area contributed by atoms with E-state index >= 15 is 0 Å². The van der Waals surface area contributed by atoms with Gasteiger partial charge in [-0.15, -0.1) is 4.68 Å². The van der Waals surface area contributed by atoms with Gasteiger partial charge in [-0.2, -0.15) is 9.78 Å². The van der Waals surface area contributed by atoms with Crippen molar-refractivity contribution in [2.24, 2.45) is 0 Å². The van der Waals surface area contributed by atoms with Gasteiger partial charge in [-0.3, -0.25) is 14.3 Å². The van der Waals surface area contributed by atoms with Crippen LogP contribution in [0.5, 0.6) is 0 Å². The fourth-order valence-corrected chi connectivity index (χ4v) is 5.76. The van der Waals surface area contributed by atoms with Crippen molar-refractivity contribution in [2.45, 2.75) is 117 Å². The Kier molecular flexibility index (Phi) is 6.42. The van der Waals surface area contributed by atoms with Gasteiger partial charge in [0.2, 0.25) is 5.69 Å². The van der Waals surface area contributed by atoms with E-state index < -0.39 is 0 Å². The highest BCUT2D eigenvalue weighted by Crippen LogP contribution is 2.34. The van der Waals surface area contributed by atoms with Crippen LogP contribution in [0.4, 0.5) is 0 Å². The van der Waals surface area contributed by atoms with Crippen molar-refractivity contribution in [1.82, 2.24) is 14.5 Å². The topological polar surface area (TPSA) is 60.8 Å². The predicted octanol–water partition coefficient (Wildman–Crippen LogP) is 4.93. The highest BCUT2D eigenvalue weighted by molar-refractivity contribution is 5.99. The Labute approximate surface area is 192 Å². The fourth-order valence-electron chi connectivity index (χ4n) is 5.76. The van der Waals surface area contributed by atoms with E-state index in [1.165, 1.54) is 11.4 Å². The summed E-state index contributed by atoms with van der Waals surface area (Å²) in [5.41, 5.74) is 6.29. The van der Waals surface area contributed by atoms with Crippen LogP contribution >= 0.6 is 0 Å². The van der Waals surface area contributed by atoms with Crippen molar-refractivity contribution in [1.29, 1.82) is 0 Å². The number of Topliss-reactive ketones (excluding diaryl/α,β-unsaturated/α-hetero) is 2. The summed E-state index contributed by atoms with van der Waals surface area (Å²) in [5.74, 6) is 0.969. The molecule has 2 aliphatic carbocycles. The number of fused-ring (bicyclic) bond motifs is 2. The third-order valence-electron chi connectivity index (χ3n) is 7.02. The smallest absolute Gasteiger partial charge is 0.221 e. The number of aromatic nitrogens is 4. The van der Waals surface area contributed by atoms with Gasteiger partial charge >= 0.3 is 0 Å². The lowest BCUT2D eigenvalue weighted by atomic mass is 9.90. The highest BCUT2D eigenvalue weighted by atomic mass is 16.1. The molecule has 6 heteroatoms. The monoisotopic (exact) mass is 439 g/mol. The van der Waals surface area contributed by atoms with Gasteiger partial charge in [0.15, 0.2) is 18.1 Å². The molecule has 2 heterocycles. The first-order valence-electron chi connectivity index (χ1n) is 12.6. The molecule has 174 valence electrons. The van der Waals surface area contributed by atoms with Crippen LogP contribution in [0.1, 0.15) is 135 Å². The van der Waals surface area contributed by atoms with E-state index in [9.17, 15) is 9.59 Å². The molecule has 2 aliphatic rings. The number of hydrogen-bond acceptors (Lipinski definition) is 3. The molecular formula is C26H39N4O2+. The van der Waals surface area contributed by atoms with Crippen molar-refractivity contribution in [2.75, 3.05) is 0 Å². The van der Waals surface area contributed by atoms with Crippen LogP contribution in [-0.4, -0.2) is 26.0 Å². The maximum Gasteiger partial charge on any atom is 0.221 e. The van der Waals surface area contributed by atoms with Crippen LogP contribution < -0.4 is 4.68 Å². The quantitative estimate of drug-likeness (QED) is 0.575. The van der Waals surface area contributed by atoms with E-state index in [1.807, 2.05) is 0 Å². The van der Waals surface area contributed by atoms with Crippen molar-refractivity contribution >= 4 is 11.6 Å². The summed E-state index contributed by atoms with van der Waals surface area (Å²) >= 11 is 0. The normalized spacial score (nSPS) is 17.2. The molecule has 0 saturated heterocycles. The zero-order valence-corrected chi connectivity index (χ0v) is 20.7. The first-order valence-corrected chi connectivity index (χ1v) is 12.6. The molecular weight excluding hydrogens is 400 g/mol. The lowest BCUT2D eigenvalue weighted by Crippen LogP contribution is -2.48. The van der Waals surface area contributed by atoms with Gasteiger partial charge in [-0.1, -0.05) is 27.7 Å². The minimum Gasteiger partial charge on any atom is -0.294 e. The van der Waals surface area contributed by atoms with Crippen LogP contribution in [-0.2, 0) is 25.9 Å². The van der Waals surface area contributed by atoms with Gasteiger partial charge in [-0.05, 0) is 39.5 Å². The summed E-state index contributed by atoms with van der Waals surface area (Å²) in [7, 11) is 0. The molecule has 0 fully saturated rings. The van der Waals surface area contributed by atoms with E-state index in [4.69, 9.17) is 5.10 Å². The predicted molar refractivity (Wildman–Crippen MR) is 125 cm³/mol. The molecule has 32 heavy (non-hydrogen) atoms. The maximum atomic E-state index is 13.0. The van der Waals surface area contributed by atoms with E-state index in [1.54, 1.807) is 0 Å². The molecule has 0 amide bonds. The molecule has 2 aromatic heterocycles. The Hall–Kier alpha value is -2.24. The molecule has 0 aliphatic heterocycles. The largest absolute Gasteiger partial charge is 0.294 e. The van der Waals surface area contributed by atoms with Crippen LogP contribution in [0.3, 0.4) is 0 Å². The van der Waals surface area contributed by atoms with Crippen molar-refractivity contribution in [3.05, 3.63) is 33.9 Å². The van der Waals surface area contributed by atoms with Crippen LogP contribution in [0.25, 0.3) is 0 Å². The van der Waals surface area contributed by atoms with Gasteiger partial charge in [0.1, 0.15) is 5.56 Å². The Morgan fingerprint density at radius 3 is 2.22 bits per heavy atom. The minimum atomic E-state index is 0.132. The van der Waals surface area contributed by atoms with Gasteiger partial charge in [0.05, 0.1) is 29.2 Å². The van der Waals surface area contributed by atoms with Crippen molar-refractivity contribution in [3.8, 4) is 0 Å². The van der Waals surface area contributed by atoms with Crippen LogP contribution in [0.15, 0.2) is 0 Å². The summed E-state index contributed by atoms with van der Waals surface area (Å²) in [6, 6.07) is 0.208. The number of rotatable bonds is 7. The van der Waals surface area contributed by atoms with Gasteiger partial charge in [0.25, 0.3) is 0 Å². The van der Waals surface area contributed by atoms with E-state index in [2.05, 4.69) is 55.6 Å². The third-order valence-corrected chi connectivity index (χ3v) is 7.02. The SMILES string of the molecule is CCC[n+]1c(C(C)C)c2c(n1CC(C)c1c3c(nn1C(C)C)CCCC3=O)CCCC2=O. The molecule has 0 saturated carbocycles. The molecule has 4 rings (SSSR count). The lowest BCUT2D eigenvalue weighted by Gasteiger charge is -2.20. The fraction of sp³-hybridized carbons (Fsp3) is 0.692. The van der Waals surface area contributed by atoms with Crippen LogP contribution in [0, 0.1) is 0 Å². The second kappa shape index (κ2) is 8.95. The third kappa shape index (κ3) is 3.75. The Bertz CT molecular complexity index is 1040. The Morgan fingerprint density at radius 2 is 1.59 bits per heavy atom. The first kappa shape index (κ1) is 22.9. The highest BCUT2D eigenvalue weighted by Gasteiger charge is 2.38. The number of hydrogen-bond donors (Lipinski definition) is 0. The molecule has 0 bridgehead atoms. The first-order chi connectivity index (χ1) is 15.3. The molecule has 2 aromatic rings. The van der Waals surface area contributed by atoms with E-state index in [0.29, 0.717) is 24.5 Å². The van der Waals surface area contributed by atoms with Crippen LogP contribution in [0.2, 0.25) is 0 Å². The van der Waals surface area contributed by atoms with Gasteiger partial charge in [-0.25, -0.2) is 0 Å². The summed E-state index contributed by atoms with van der Waals surface area (Å²) in [6.45, 7) is 14.8. The summed E-state index contributed by atoms with van der Waals surface area (Å²) < 4.78 is 6.85. The molecule has 0 radical (unpaired) electrons. The van der Waals surface area contributed by atoms with Crippen molar-refractivity contribution in [3.63, 3.8) is 0 Å². The van der Waals surface area contributed by atoms with Crippen molar-refractivity contribution < 1.29 is 14.3 Å². The number of carbonyl (C=O) groups is 2. The number of aryl methyl sites for hydroxylation is 1. The second-order valence-corrected chi connectivity index (χ2v) is 10.3. The molecule has 0 N–H and O–H groups in total. The Balaban J connectivity index is 1.84. The summed E-state index contributed by atoms with van der Waals surface area (Å²) in [4.78, 5) is 25.9. The zero-order valence-electron chi connectivity index (χ0n) is 20.7. The summed E-state index contributed by atoms with van der Waals surface area (Å²) in [5, 5.41) is 4.88. The standard InChI is InChI=1S/C26H39N4O2/c1-7-14-28-25(16(2)3)24-20(11-9-13-22(24)32)29(28)15-18(6)26-23-19(10-8-12-21(23)31)27-30(26)17(4)5/h16-18H,7-15H2,1-6H3/q+1. The van der Waals surface area contributed by atoms with Gasteiger partial charge < -0.3 is 0 Å². The summed E-state index contributed by atoms with van der Waals surface area (Å²) in [6.07, 6.45) is 5.96. The second-order valence-electron chi connectivity index (χ2n) is 10.3. The number of ketones is 2. The van der Waals surface area contributed by atoms with E-state index in [0.717, 1.165) is 67.7 Å². The van der Waals surface area contributed by atoms with Gasteiger partial charge in [0, 0.05) is 37.1 Å². The number of nitrogens with zero attached hydrogens (tertiary/aromatic N) is 4. The average molecular weight is 440 g/mol. The minimum absolute atomic E-state index is 0.132. The zero-order chi connectivity index (χ0) is 23.2.